The molecule has 0 unspecified atom stereocenters. The van der Waals surface area contributed by atoms with Crippen molar-refractivity contribution in [1.29, 1.82) is 0 Å². The number of carboxylic acid groups (broad SMARTS) is 2. The molecular weight excluding hydrogens is 256 g/mol. The van der Waals surface area contributed by atoms with Crippen LogP contribution in [-0.2, 0) is 0 Å². The van der Waals surface area contributed by atoms with Crippen molar-refractivity contribution in [1.82, 2.24) is 0 Å². The number of rotatable bonds is 3. The maximum Gasteiger partial charge on any atom is 0.335 e. The van der Waals surface area contributed by atoms with Crippen LogP contribution in [0, 0.1) is 13.8 Å². The lowest BCUT2D eigenvalue weighted by atomic mass is 9.93. The van der Waals surface area contributed by atoms with Gasteiger partial charge in [-0.25, -0.2) is 9.59 Å². The third-order valence-corrected chi connectivity index (χ3v) is 3.46. The topological polar surface area (TPSA) is 74.6 Å². The van der Waals surface area contributed by atoms with Crippen LogP contribution in [0.4, 0.5) is 0 Å². The average molecular weight is 270 g/mol. The zero-order valence-electron chi connectivity index (χ0n) is 11.2. The summed E-state index contributed by atoms with van der Waals surface area (Å²) in [6, 6.07) is 9.86. The molecule has 0 saturated carbocycles. The summed E-state index contributed by atoms with van der Waals surface area (Å²) in [7, 11) is 0. The first kappa shape index (κ1) is 13.8. The van der Waals surface area contributed by atoms with Gasteiger partial charge in [-0.05, 0) is 54.3 Å². The molecule has 20 heavy (non-hydrogen) atoms. The van der Waals surface area contributed by atoms with E-state index in [9.17, 15) is 9.59 Å². The Bertz CT molecular complexity index is 684. The lowest BCUT2D eigenvalue weighted by Gasteiger charge is -2.11. The van der Waals surface area contributed by atoms with Crippen molar-refractivity contribution < 1.29 is 19.8 Å². The first-order chi connectivity index (χ1) is 9.41. The highest BCUT2D eigenvalue weighted by molar-refractivity contribution is 5.91. The number of carboxylic acids is 2. The number of hydrogen-bond donors (Lipinski definition) is 2. The molecule has 0 amide bonds. The summed E-state index contributed by atoms with van der Waals surface area (Å²) in [5.41, 5.74) is 3.89. The second-order valence-electron chi connectivity index (χ2n) is 4.60. The highest BCUT2D eigenvalue weighted by Crippen LogP contribution is 2.27. The molecule has 0 aliphatic heterocycles. The zero-order valence-corrected chi connectivity index (χ0v) is 11.2. The van der Waals surface area contributed by atoms with Crippen LogP contribution in [0.25, 0.3) is 11.1 Å². The molecule has 0 heterocycles. The third kappa shape index (κ3) is 2.40. The monoisotopic (exact) mass is 270 g/mol. The van der Waals surface area contributed by atoms with Gasteiger partial charge >= 0.3 is 11.9 Å². The summed E-state index contributed by atoms with van der Waals surface area (Å²) in [6.07, 6.45) is 0. The largest absolute Gasteiger partial charge is 0.478 e. The zero-order chi connectivity index (χ0) is 14.9. The van der Waals surface area contributed by atoms with E-state index in [1.54, 1.807) is 31.2 Å². The quantitative estimate of drug-likeness (QED) is 0.896. The maximum atomic E-state index is 11.1. The summed E-state index contributed by atoms with van der Waals surface area (Å²) in [4.78, 5) is 21.9. The van der Waals surface area contributed by atoms with Gasteiger partial charge < -0.3 is 10.2 Å². The Hall–Kier alpha value is -2.62. The first-order valence-electron chi connectivity index (χ1n) is 6.09. The van der Waals surface area contributed by atoms with E-state index in [0.29, 0.717) is 0 Å². The van der Waals surface area contributed by atoms with Crippen molar-refractivity contribution in [2.75, 3.05) is 0 Å². The van der Waals surface area contributed by atoms with Gasteiger partial charge in [0.15, 0.2) is 0 Å². The summed E-state index contributed by atoms with van der Waals surface area (Å²) in [5, 5.41) is 18.0. The molecule has 0 spiro atoms. The number of aromatic carboxylic acids is 2. The fourth-order valence-electron chi connectivity index (χ4n) is 2.16. The van der Waals surface area contributed by atoms with Gasteiger partial charge in [-0.1, -0.05) is 18.2 Å². The Morgan fingerprint density at radius 3 is 1.90 bits per heavy atom. The fourth-order valence-corrected chi connectivity index (χ4v) is 2.16. The minimum atomic E-state index is -0.967. The van der Waals surface area contributed by atoms with Gasteiger partial charge in [-0.2, -0.15) is 0 Å². The number of benzene rings is 2. The van der Waals surface area contributed by atoms with Gasteiger partial charge in [0.25, 0.3) is 0 Å². The maximum absolute atomic E-state index is 11.1. The van der Waals surface area contributed by atoms with Gasteiger partial charge in [-0.3, -0.25) is 0 Å². The van der Waals surface area contributed by atoms with Gasteiger partial charge in [0.2, 0.25) is 0 Å². The van der Waals surface area contributed by atoms with Crippen molar-refractivity contribution in [3.63, 3.8) is 0 Å². The Labute approximate surface area is 116 Å². The smallest absolute Gasteiger partial charge is 0.335 e. The molecule has 0 fully saturated rings. The fraction of sp³-hybridized carbons (Fsp3) is 0.125. The number of carbonyl (C=O) groups is 2. The molecule has 4 heteroatoms. The van der Waals surface area contributed by atoms with Crippen LogP contribution >= 0.6 is 0 Å². The number of hydrogen-bond acceptors (Lipinski definition) is 2. The van der Waals surface area contributed by atoms with Crippen LogP contribution in [0.5, 0.6) is 0 Å². The summed E-state index contributed by atoms with van der Waals surface area (Å²) in [5.74, 6) is -1.91. The Kier molecular flexibility index (Phi) is 3.57. The molecule has 2 aromatic rings. The summed E-state index contributed by atoms with van der Waals surface area (Å²) in [6.45, 7) is 3.64. The lowest BCUT2D eigenvalue weighted by Crippen LogP contribution is -2.02. The SMILES string of the molecule is Cc1c(C(=O)O)ccc(-c2ccc(C(=O)O)cc2)c1C. The van der Waals surface area contributed by atoms with Crippen LogP contribution in [0.2, 0.25) is 0 Å². The summed E-state index contributed by atoms with van der Waals surface area (Å²) < 4.78 is 0. The Morgan fingerprint density at radius 1 is 0.800 bits per heavy atom. The van der Waals surface area contributed by atoms with Gasteiger partial charge in [0.1, 0.15) is 0 Å². The van der Waals surface area contributed by atoms with Crippen LogP contribution in [0.15, 0.2) is 36.4 Å². The normalized spacial score (nSPS) is 10.3. The molecule has 0 atom stereocenters. The molecule has 2 N–H and O–H groups in total. The van der Waals surface area contributed by atoms with Gasteiger partial charge in [-0.15, -0.1) is 0 Å². The van der Waals surface area contributed by atoms with Crippen LogP contribution in [0.1, 0.15) is 31.8 Å². The lowest BCUT2D eigenvalue weighted by molar-refractivity contribution is 0.0685. The van der Waals surface area contributed by atoms with Crippen molar-refractivity contribution in [3.8, 4) is 11.1 Å². The Balaban J connectivity index is 2.51. The molecule has 102 valence electrons. The van der Waals surface area contributed by atoms with E-state index in [2.05, 4.69) is 0 Å². The van der Waals surface area contributed by atoms with E-state index in [0.717, 1.165) is 22.3 Å². The predicted molar refractivity (Wildman–Crippen MR) is 75.3 cm³/mol. The average Bonchev–Trinajstić information content (AvgIpc) is 2.41. The molecule has 0 saturated heterocycles. The highest BCUT2D eigenvalue weighted by atomic mass is 16.4. The standard InChI is InChI=1S/C16H14O4/c1-9-10(2)14(16(19)20)8-7-13(9)11-3-5-12(6-4-11)15(17)18/h3-8H,1-2H3,(H,17,18)(H,19,20). The molecule has 4 nitrogen and oxygen atoms in total. The predicted octanol–water partition coefficient (Wildman–Crippen LogP) is 3.37. The van der Waals surface area contributed by atoms with Crippen LogP contribution in [0.3, 0.4) is 0 Å². The van der Waals surface area contributed by atoms with E-state index < -0.39 is 11.9 Å². The van der Waals surface area contributed by atoms with Crippen LogP contribution in [-0.4, -0.2) is 22.2 Å². The highest BCUT2D eigenvalue weighted by Gasteiger charge is 2.13. The molecular formula is C16H14O4. The van der Waals surface area contributed by atoms with E-state index in [-0.39, 0.29) is 11.1 Å². The molecule has 0 aromatic heterocycles. The minimum absolute atomic E-state index is 0.227. The molecule has 0 aliphatic carbocycles. The second kappa shape index (κ2) is 5.17. The molecule has 2 rings (SSSR count). The van der Waals surface area contributed by atoms with Crippen molar-refractivity contribution >= 4 is 11.9 Å². The Morgan fingerprint density at radius 2 is 1.40 bits per heavy atom. The molecule has 0 bridgehead atoms. The van der Waals surface area contributed by atoms with Crippen LogP contribution < -0.4 is 0 Å². The summed E-state index contributed by atoms with van der Waals surface area (Å²) >= 11 is 0. The van der Waals surface area contributed by atoms with E-state index >= 15 is 0 Å². The molecule has 0 aliphatic rings. The van der Waals surface area contributed by atoms with Crippen molar-refractivity contribution in [2.24, 2.45) is 0 Å². The van der Waals surface area contributed by atoms with Crippen molar-refractivity contribution in [2.45, 2.75) is 13.8 Å². The molecule has 0 radical (unpaired) electrons. The van der Waals surface area contributed by atoms with E-state index in [1.165, 1.54) is 12.1 Å². The van der Waals surface area contributed by atoms with E-state index in [1.807, 2.05) is 6.92 Å². The van der Waals surface area contributed by atoms with Gasteiger partial charge in [0, 0.05) is 0 Å². The second-order valence-corrected chi connectivity index (χ2v) is 4.60. The third-order valence-electron chi connectivity index (χ3n) is 3.46. The van der Waals surface area contributed by atoms with E-state index in [4.69, 9.17) is 10.2 Å². The van der Waals surface area contributed by atoms with Gasteiger partial charge in [0.05, 0.1) is 11.1 Å². The van der Waals surface area contributed by atoms with Crippen molar-refractivity contribution in [3.05, 3.63) is 58.7 Å². The molecule has 2 aromatic carbocycles. The first-order valence-corrected chi connectivity index (χ1v) is 6.09. The minimum Gasteiger partial charge on any atom is -0.478 e.